The number of hydrogen-bond donors (Lipinski definition) is 0. The summed E-state index contributed by atoms with van der Waals surface area (Å²) in [4.78, 5) is 26.1. The number of halogens is 1. The second-order valence-electron chi connectivity index (χ2n) is 10.1. The van der Waals surface area contributed by atoms with Crippen molar-refractivity contribution in [3.8, 4) is 0 Å². The van der Waals surface area contributed by atoms with Gasteiger partial charge in [0.15, 0.2) is 34.7 Å². The molecule has 12 heteroatoms. The van der Waals surface area contributed by atoms with Gasteiger partial charge in [0.25, 0.3) is 0 Å². The summed E-state index contributed by atoms with van der Waals surface area (Å²) in [6.45, 7) is 7.51. The maximum atomic E-state index is 13.3. The van der Waals surface area contributed by atoms with Crippen LogP contribution in [0.5, 0.6) is 0 Å². The van der Waals surface area contributed by atoms with Gasteiger partial charge >= 0.3 is 5.97 Å². The van der Waals surface area contributed by atoms with Crippen molar-refractivity contribution in [2.24, 2.45) is 0 Å². The molecule has 11 nitrogen and oxygen atoms in total. The molecule has 0 radical (unpaired) electrons. The molecule has 0 spiro atoms. The minimum Gasteiger partial charge on any atom is -0.451 e. The largest absolute Gasteiger partial charge is 0.451 e. The average molecular weight is 531 g/mol. The highest BCUT2D eigenvalue weighted by molar-refractivity contribution is 6.33. The summed E-state index contributed by atoms with van der Waals surface area (Å²) < 4.78 is 39.3. The van der Waals surface area contributed by atoms with E-state index < -0.39 is 54.3 Å². The van der Waals surface area contributed by atoms with E-state index in [4.69, 9.17) is 40.0 Å². The first-order valence-electron chi connectivity index (χ1n) is 12.0. The molecule has 0 N–H and O–H groups in total. The average Bonchev–Trinajstić information content (AvgIpc) is 3.41. The van der Waals surface area contributed by atoms with Crippen molar-refractivity contribution >= 4 is 28.7 Å². The Morgan fingerprint density at radius 1 is 1.00 bits per heavy atom. The van der Waals surface area contributed by atoms with E-state index in [1.807, 2.05) is 33.8 Å². The van der Waals surface area contributed by atoms with Gasteiger partial charge in [-0.15, -0.1) is 0 Å². The minimum atomic E-state index is -0.970. The molecule has 6 atom stereocenters. The van der Waals surface area contributed by atoms with Crippen molar-refractivity contribution in [3.63, 3.8) is 0 Å². The first-order valence-corrected chi connectivity index (χ1v) is 12.4. The molecule has 5 heterocycles. The number of carbonyl (C=O) groups excluding carboxylic acids is 1. The van der Waals surface area contributed by atoms with E-state index in [1.165, 1.54) is 12.7 Å². The van der Waals surface area contributed by atoms with Crippen LogP contribution in [0.25, 0.3) is 11.2 Å². The molecule has 1 aromatic carbocycles. The first kappa shape index (κ1) is 24.7. The molecule has 3 aromatic rings. The van der Waals surface area contributed by atoms with Crippen LogP contribution in [0, 0.1) is 0 Å². The van der Waals surface area contributed by atoms with E-state index in [2.05, 4.69) is 15.0 Å². The van der Waals surface area contributed by atoms with E-state index in [-0.39, 0.29) is 11.8 Å². The summed E-state index contributed by atoms with van der Waals surface area (Å²) in [6.07, 6.45) is -1.51. The summed E-state index contributed by atoms with van der Waals surface area (Å²) in [6, 6.07) is 8.72. The Balaban J connectivity index is 1.47. The lowest BCUT2D eigenvalue weighted by Gasteiger charge is -2.42. The molecule has 37 heavy (non-hydrogen) atoms. The zero-order valence-electron chi connectivity index (χ0n) is 20.7. The molecule has 3 fully saturated rings. The highest BCUT2D eigenvalue weighted by Gasteiger charge is 2.60. The predicted octanol–water partition coefficient (Wildman–Crippen LogP) is 3.27. The molecule has 0 aliphatic carbocycles. The summed E-state index contributed by atoms with van der Waals surface area (Å²) in [5, 5.41) is 0.193. The Labute approximate surface area is 217 Å². The van der Waals surface area contributed by atoms with Crippen LogP contribution in [0.1, 0.15) is 44.3 Å². The number of aromatic nitrogens is 4. The molecule has 0 saturated carbocycles. The number of hydrogen-bond acceptors (Lipinski definition) is 10. The van der Waals surface area contributed by atoms with Gasteiger partial charge in [-0.2, -0.15) is 0 Å². The lowest BCUT2D eigenvalue weighted by molar-refractivity contribution is -0.332. The van der Waals surface area contributed by atoms with Crippen LogP contribution < -0.4 is 0 Å². The van der Waals surface area contributed by atoms with Crippen LogP contribution in [0.2, 0.25) is 5.15 Å². The third kappa shape index (κ3) is 4.49. The van der Waals surface area contributed by atoms with Gasteiger partial charge in [0, 0.05) is 0 Å². The van der Waals surface area contributed by atoms with Crippen molar-refractivity contribution in [2.75, 3.05) is 6.61 Å². The number of nitrogens with zero attached hydrogens (tertiary/aromatic N) is 4. The number of fused-ring (bicyclic) bond motifs is 4. The van der Waals surface area contributed by atoms with Crippen LogP contribution in [0.3, 0.4) is 0 Å². The number of ether oxygens (including phenoxy) is 6. The fraction of sp³-hybridized carbons (Fsp3) is 0.520. The molecule has 4 unspecified atom stereocenters. The highest BCUT2D eigenvalue weighted by Crippen LogP contribution is 2.44. The molecule has 3 aliphatic heterocycles. The number of imidazole rings is 1. The zero-order chi connectivity index (χ0) is 25.9. The zero-order valence-corrected chi connectivity index (χ0v) is 21.5. The lowest BCUT2D eigenvalue weighted by Crippen LogP contribution is -2.55. The van der Waals surface area contributed by atoms with E-state index in [0.29, 0.717) is 16.7 Å². The SMILES string of the molecule is CC1(C)OCC2OC(n3cnc4c(Cl)ncnc43)C(OC(=O)c3ccccc3)[C@H]3OC(C)(C)OC3[C@@H]2O1. The standard InChI is InChI=1S/C25H27ClN4O7/c1-24(2)32-10-14-16(35-24)17-18(37-25(3,4)36-17)19(34-23(31)13-8-6-5-7-9-13)22(33-14)30-12-29-15-20(26)27-11-28-21(15)30/h5-9,11-12,14,16-19,22H,10H2,1-4H3/t14?,16-,17?,18+,19?,22?/m1/s1. The van der Waals surface area contributed by atoms with Gasteiger partial charge in [-0.25, -0.2) is 19.7 Å². The second-order valence-corrected chi connectivity index (χ2v) is 10.5. The smallest absolute Gasteiger partial charge is 0.338 e. The topological polar surface area (TPSA) is 116 Å². The number of rotatable bonds is 3. The highest BCUT2D eigenvalue weighted by atomic mass is 35.5. The fourth-order valence-corrected chi connectivity index (χ4v) is 5.26. The molecule has 196 valence electrons. The molecule has 3 saturated heterocycles. The molecular formula is C25H27ClN4O7. The molecule has 3 aliphatic rings. The molecule has 2 aromatic heterocycles. The van der Waals surface area contributed by atoms with Gasteiger partial charge in [0.1, 0.15) is 36.3 Å². The molecular weight excluding hydrogens is 504 g/mol. The number of esters is 1. The monoisotopic (exact) mass is 530 g/mol. The number of carbonyl (C=O) groups is 1. The van der Waals surface area contributed by atoms with Crippen molar-refractivity contribution in [1.82, 2.24) is 19.5 Å². The number of benzene rings is 1. The van der Waals surface area contributed by atoms with Crippen molar-refractivity contribution in [3.05, 3.63) is 53.7 Å². The van der Waals surface area contributed by atoms with Crippen molar-refractivity contribution in [2.45, 2.75) is 76.0 Å². The summed E-state index contributed by atoms with van der Waals surface area (Å²) in [5.74, 6) is -2.37. The van der Waals surface area contributed by atoms with Gasteiger partial charge in [-0.1, -0.05) is 29.8 Å². The normalized spacial score (nSPS) is 32.4. The van der Waals surface area contributed by atoms with Gasteiger partial charge in [-0.05, 0) is 39.8 Å². The van der Waals surface area contributed by atoms with Crippen LogP contribution in [-0.2, 0) is 28.4 Å². The lowest BCUT2D eigenvalue weighted by atomic mass is 9.99. The Morgan fingerprint density at radius 2 is 1.73 bits per heavy atom. The predicted molar refractivity (Wildman–Crippen MR) is 129 cm³/mol. The Bertz CT molecular complexity index is 1320. The van der Waals surface area contributed by atoms with Gasteiger partial charge < -0.3 is 28.4 Å². The molecule has 0 bridgehead atoms. The van der Waals surface area contributed by atoms with Crippen LogP contribution in [0.15, 0.2) is 43.0 Å². The van der Waals surface area contributed by atoms with E-state index in [1.54, 1.807) is 28.8 Å². The quantitative estimate of drug-likeness (QED) is 0.369. The summed E-state index contributed by atoms with van der Waals surface area (Å²) in [7, 11) is 0. The van der Waals surface area contributed by atoms with E-state index >= 15 is 0 Å². The van der Waals surface area contributed by atoms with E-state index in [9.17, 15) is 4.79 Å². The Morgan fingerprint density at radius 3 is 2.51 bits per heavy atom. The second kappa shape index (κ2) is 8.97. The van der Waals surface area contributed by atoms with Gasteiger partial charge in [0.05, 0.1) is 18.5 Å². The maximum Gasteiger partial charge on any atom is 0.338 e. The van der Waals surface area contributed by atoms with Crippen LogP contribution in [-0.4, -0.2) is 74.2 Å². The van der Waals surface area contributed by atoms with Crippen LogP contribution >= 0.6 is 11.6 Å². The fourth-order valence-electron chi connectivity index (χ4n) is 5.08. The summed E-state index contributed by atoms with van der Waals surface area (Å²) >= 11 is 6.27. The summed E-state index contributed by atoms with van der Waals surface area (Å²) in [5.41, 5.74) is 1.19. The third-order valence-corrected chi connectivity index (χ3v) is 6.91. The molecule has 6 rings (SSSR count). The Hall–Kier alpha value is -2.67. The van der Waals surface area contributed by atoms with Crippen molar-refractivity contribution in [1.29, 1.82) is 0 Å². The first-order chi connectivity index (χ1) is 17.6. The van der Waals surface area contributed by atoms with Crippen molar-refractivity contribution < 1.29 is 33.2 Å². The van der Waals surface area contributed by atoms with Crippen LogP contribution in [0.4, 0.5) is 0 Å². The minimum absolute atomic E-state index is 0.193. The van der Waals surface area contributed by atoms with Gasteiger partial charge in [0.2, 0.25) is 0 Å². The third-order valence-electron chi connectivity index (χ3n) is 6.63. The Kier molecular flexibility index (Phi) is 5.98. The van der Waals surface area contributed by atoms with E-state index in [0.717, 1.165) is 0 Å². The van der Waals surface area contributed by atoms with Gasteiger partial charge in [-0.3, -0.25) is 4.57 Å². The molecule has 0 amide bonds. The maximum absolute atomic E-state index is 13.3.